The molecule has 2 fully saturated rings. The summed E-state index contributed by atoms with van der Waals surface area (Å²) in [5.74, 6) is 0.582. The van der Waals surface area contributed by atoms with E-state index in [-0.39, 0.29) is 11.6 Å². The average molecular weight is 271 g/mol. The molecule has 0 radical (unpaired) electrons. The number of benzene rings is 1. The number of carbonyl (C=O) groups is 1. The molecule has 1 aliphatic carbocycles. The van der Waals surface area contributed by atoms with Crippen LogP contribution in [0.5, 0.6) is 0 Å². The Bertz CT molecular complexity index is 493. The molecule has 3 rings (SSSR count). The van der Waals surface area contributed by atoms with Crippen LogP contribution in [0.2, 0.25) is 0 Å². The van der Waals surface area contributed by atoms with Crippen LogP contribution in [-0.2, 0) is 11.3 Å². The van der Waals surface area contributed by atoms with E-state index < -0.39 is 0 Å². The lowest BCUT2D eigenvalue weighted by atomic mass is 9.60. The average Bonchev–Trinajstić information content (AvgIpc) is 2.40. The van der Waals surface area contributed by atoms with Crippen LogP contribution in [0.25, 0.3) is 0 Å². The zero-order valence-corrected chi connectivity index (χ0v) is 11.8. The smallest absolute Gasteiger partial charge is 0.410 e. The molecule has 3 nitrogen and oxygen atoms in total. The zero-order chi connectivity index (χ0) is 14.0. The Balaban J connectivity index is 1.57. The quantitative estimate of drug-likeness (QED) is 0.780. The number of hydrogen-bond acceptors (Lipinski definition) is 2. The molecule has 0 N–H and O–H groups in total. The van der Waals surface area contributed by atoms with Crippen LogP contribution in [-0.4, -0.2) is 23.1 Å². The maximum absolute atomic E-state index is 12.2. The van der Waals surface area contributed by atoms with E-state index in [4.69, 9.17) is 4.74 Å². The molecule has 0 aromatic heterocycles. The lowest BCUT2D eigenvalue weighted by Gasteiger charge is -2.63. The Kier molecular flexibility index (Phi) is 3.51. The highest BCUT2D eigenvalue weighted by molar-refractivity contribution is 5.70. The summed E-state index contributed by atoms with van der Waals surface area (Å²) in [5.41, 5.74) is 1.12. The Morgan fingerprint density at radius 1 is 1.40 bits per heavy atom. The van der Waals surface area contributed by atoms with Crippen molar-refractivity contribution in [1.82, 2.24) is 4.90 Å². The van der Waals surface area contributed by atoms with Crippen molar-refractivity contribution in [3.05, 3.63) is 48.6 Å². The van der Waals surface area contributed by atoms with Crippen LogP contribution in [0, 0.1) is 5.92 Å². The van der Waals surface area contributed by atoms with Crippen LogP contribution in [0.3, 0.4) is 0 Å². The summed E-state index contributed by atoms with van der Waals surface area (Å²) in [7, 11) is 0. The molecule has 20 heavy (non-hydrogen) atoms. The molecule has 1 aromatic rings. The van der Waals surface area contributed by atoms with Crippen molar-refractivity contribution in [2.24, 2.45) is 5.92 Å². The van der Waals surface area contributed by atoms with Crippen molar-refractivity contribution in [3.8, 4) is 0 Å². The second-order valence-corrected chi connectivity index (χ2v) is 5.83. The largest absolute Gasteiger partial charge is 0.445 e. The van der Waals surface area contributed by atoms with E-state index in [1.165, 1.54) is 6.42 Å². The first kappa shape index (κ1) is 13.2. The third-order valence-electron chi connectivity index (χ3n) is 4.80. The predicted octanol–water partition coefficient (Wildman–Crippen LogP) is 3.75. The number of likely N-dealkylation sites (tertiary alicyclic amines) is 1. The third-order valence-corrected chi connectivity index (χ3v) is 4.80. The molecule has 0 bridgehead atoms. The Hall–Kier alpha value is -1.77. The number of rotatable bonds is 4. The lowest BCUT2D eigenvalue weighted by Crippen LogP contribution is -2.71. The summed E-state index contributed by atoms with van der Waals surface area (Å²) in [5, 5.41) is 0. The number of allylic oxidation sites excluding steroid dienone is 1. The Labute approximate surface area is 120 Å². The predicted molar refractivity (Wildman–Crippen MR) is 78.2 cm³/mol. The summed E-state index contributed by atoms with van der Waals surface area (Å²) in [6.07, 6.45) is 6.27. The van der Waals surface area contributed by atoms with Gasteiger partial charge >= 0.3 is 6.09 Å². The molecule has 1 spiro atoms. The lowest BCUT2D eigenvalue weighted by molar-refractivity contribution is -0.115. The van der Waals surface area contributed by atoms with E-state index in [2.05, 4.69) is 6.58 Å². The second kappa shape index (κ2) is 5.31. The van der Waals surface area contributed by atoms with Gasteiger partial charge in [0.05, 0.1) is 5.54 Å². The van der Waals surface area contributed by atoms with E-state index in [0.29, 0.717) is 12.5 Å². The van der Waals surface area contributed by atoms with Crippen LogP contribution in [0.15, 0.2) is 43.0 Å². The molecule has 1 saturated carbocycles. The van der Waals surface area contributed by atoms with Gasteiger partial charge in [-0.15, -0.1) is 6.58 Å². The normalized spacial score (nSPS) is 22.8. The van der Waals surface area contributed by atoms with Gasteiger partial charge in [-0.2, -0.15) is 0 Å². The van der Waals surface area contributed by atoms with Gasteiger partial charge in [0.2, 0.25) is 0 Å². The van der Waals surface area contributed by atoms with Crippen LogP contribution >= 0.6 is 0 Å². The highest BCUT2D eigenvalue weighted by atomic mass is 16.6. The summed E-state index contributed by atoms with van der Waals surface area (Å²) in [4.78, 5) is 14.2. The maximum atomic E-state index is 12.2. The molecule has 1 saturated heterocycles. The number of ether oxygens (including phenoxy) is 1. The van der Waals surface area contributed by atoms with E-state index in [1.807, 2.05) is 41.3 Å². The number of nitrogens with zero attached hydrogens (tertiary/aromatic N) is 1. The maximum Gasteiger partial charge on any atom is 0.410 e. The zero-order valence-electron chi connectivity index (χ0n) is 11.8. The van der Waals surface area contributed by atoms with Crippen molar-refractivity contribution in [2.45, 2.75) is 37.8 Å². The molecule has 1 amide bonds. The molecule has 106 valence electrons. The first-order chi connectivity index (χ1) is 9.76. The second-order valence-electron chi connectivity index (χ2n) is 5.83. The molecular weight excluding hydrogens is 250 g/mol. The van der Waals surface area contributed by atoms with Crippen molar-refractivity contribution >= 4 is 6.09 Å². The van der Waals surface area contributed by atoms with Crippen molar-refractivity contribution in [2.75, 3.05) is 6.54 Å². The van der Waals surface area contributed by atoms with Gasteiger partial charge in [0, 0.05) is 12.5 Å². The minimum Gasteiger partial charge on any atom is -0.445 e. The Morgan fingerprint density at radius 3 is 2.75 bits per heavy atom. The van der Waals surface area contributed by atoms with Gasteiger partial charge in [0.1, 0.15) is 6.61 Å². The molecule has 2 aliphatic rings. The molecule has 1 aliphatic heterocycles. The van der Waals surface area contributed by atoms with E-state index in [9.17, 15) is 4.79 Å². The van der Waals surface area contributed by atoms with Gasteiger partial charge < -0.3 is 9.64 Å². The minimum atomic E-state index is -0.158. The van der Waals surface area contributed by atoms with Gasteiger partial charge in [-0.3, -0.25) is 0 Å². The van der Waals surface area contributed by atoms with Crippen molar-refractivity contribution in [1.29, 1.82) is 0 Å². The topological polar surface area (TPSA) is 29.5 Å². The molecular formula is C17H21NO2. The number of hydrogen-bond donors (Lipinski definition) is 0. The summed E-state index contributed by atoms with van der Waals surface area (Å²) >= 11 is 0. The third kappa shape index (κ3) is 2.11. The van der Waals surface area contributed by atoms with E-state index in [1.54, 1.807) is 0 Å². The van der Waals surface area contributed by atoms with Gasteiger partial charge in [-0.1, -0.05) is 36.4 Å². The van der Waals surface area contributed by atoms with Gasteiger partial charge in [-0.25, -0.2) is 4.79 Å². The minimum absolute atomic E-state index is 0.0853. The first-order valence-electron chi connectivity index (χ1n) is 7.35. The highest BCUT2D eigenvalue weighted by Gasteiger charge is 2.58. The van der Waals surface area contributed by atoms with Gasteiger partial charge in [0.25, 0.3) is 0 Å². The van der Waals surface area contributed by atoms with E-state index >= 15 is 0 Å². The fourth-order valence-corrected chi connectivity index (χ4v) is 3.45. The summed E-state index contributed by atoms with van der Waals surface area (Å²) < 4.78 is 5.45. The molecule has 1 aromatic carbocycles. The highest BCUT2D eigenvalue weighted by Crippen LogP contribution is 2.52. The van der Waals surface area contributed by atoms with Crippen molar-refractivity contribution in [3.63, 3.8) is 0 Å². The van der Waals surface area contributed by atoms with E-state index in [0.717, 1.165) is 31.4 Å². The van der Waals surface area contributed by atoms with Crippen molar-refractivity contribution < 1.29 is 9.53 Å². The van der Waals surface area contributed by atoms with Crippen LogP contribution < -0.4 is 0 Å². The fourth-order valence-electron chi connectivity index (χ4n) is 3.45. The monoisotopic (exact) mass is 271 g/mol. The first-order valence-corrected chi connectivity index (χ1v) is 7.35. The van der Waals surface area contributed by atoms with Crippen LogP contribution in [0.4, 0.5) is 4.79 Å². The van der Waals surface area contributed by atoms with Crippen LogP contribution in [0.1, 0.15) is 31.2 Å². The van der Waals surface area contributed by atoms with Gasteiger partial charge in [0.15, 0.2) is 0 Å². The van der Waals surface area contributed by atoms with Gasteiger partial charge in [-0.05, 0) is 31.2 Å². The molecule has 1 atom stereocenters. The Morgan fingerprint density at radius 2 is 2.15 bits per heavy atom. The molecule has 1 unspecified atom stereocenters. The number of carbonyl (C=O) groups excluding carboxylic acids is 1. The fraction of sp³-hybridized carbons (Fsp3) is 0.471. The molecule has 1 heterocycles. The number of amides is 1. The summed E-state index contributed by atoms with van der Waals surface area (Å²) in [6, 6.07) is 9.83. The SMILES string of the molecule is C=CCC1CN(C(=O)OCc2ccccc2)C12CCC2. The standard InChI is InChI=1S/C17H21NO2/c1-2-7-15-12-18(17(15)10-6-11-17)16(19)20-13-14-8-4-3-5-9-14/h2-5,8-9,15H,1,6-7,10-13H2. The molecule has 3 heteroatoms. The summed E-state index contributed by atoms with van der Waals surface area (Å²) in [6.45, 7) is 5.00.